The fourth-order valence-corrected chi connectivity index (χ4v) is 1.22. The quantitative estimate of drug-likeness (QED) is 0.327. The van der Waals surface area contributed by atoms with E-state index in [-0.39, 0.29) is 51.4 Å². The van der Waals surface area contributed by atoms with Gasteiger partial charge in [0.15, 0.2) is 0 Å². The van der Waals surface area contributed by atoms with E-state index in [9.17, 15) is 0 Å². The van der Waals surface area contributed by atoms with Crippen molar-refractivity contribution in [3.05, 3.63) is 17.5 Å². The fourth-order valence-electron chi connectivity index (χ4n) is 0.853. The van der Waals surface area contributed by atoms with Crippen molar-refractivity contribution in [3.8, 4) is 0 Å². The van der Waals surface area contributed by atoms with Crippen LogP contribution in [0.15, 0.2) is 0 Å². The van der Waals surface area contributed by atoms with Gasteiger partial charge >= 0.3 is 51.4 Å². The SMILES string of the molecule is Cc1n[c-]c(N)c(NP)c1C.[K+]. The summed E-state index contributed by atoms with van der Waals surface area (Å²) in [6.45, 7) is 3.90. The molecular weight excluding hydrogens is 196 g/mol. The van der Waals surface area contributed by atoms with Crippen molar-refractivity contribution in [2.24, 2.45) is 0 Å². The van der Waals surface area contributed by atoms with Gasteiger partial charge in [0.2, 0.25) is 0 Å². The van der Waals surface area contributed by atoms with Crippen molar-refractivity contribution in [2.75, 3.05) is 10.8 Å². The van der Waals surface area contributed by atoms with Gasteiger partial charge in [-0.2, -0.15) is 0 Å². The molecule has 1 aromatic rings. The summed E-state index contributed by atoms with van der Waals surface area (Å²) in [6, 6.07) is 0. The van der Waals surface area contributed by atoms with Gasteiger partial charge < -0.3 is 15.8 Å². The van der Waals surface area contributed by atoms with Gasteiger partial charge in [-0.15, -0.1) is 5.56 Å². The van der Waals surface area contributed by atoms with Crippen LogP contribution in [0, 0.1) is 20.0 Å². The molecule has 0 spiro atoms. The number of aryl methyl sites for hydroxylation is 1. The van der Waals surface area contributed by atoms with E-state index in [2.05, 4.69) is 25.7 Å². The molecule has 1 aromatic heterocycles. The zero-order chi connectivity index (χ0) is 8.43. The first kappa shape index (κ1) is 12.8. The summed E-state index contributed by atoms with van der Waals surface area (Å²) >= 11 is 0. The summed E-state index contributed by atoms with van der Waals surface area (Å²) in [5.41, 5.74) is 9.07. The third-order valence-corrected chi connectivity index (χ3v) is 1.96. The van der Waals surface area contributed by atoms with E-state index in [1.54, 1.807) is 0 Å². The average Bonchev–Trinajstić information content (AvgIpc) is 1.99. The topological polar surface area (TPSA) is 50.9 Å². The van der Waals surface area contributed by atoms with Crippen molar-refractivity contribution in [2.45, 2.75) is 13.8 Å². The van der Waals surface area contributed by atoms with Crippen LogP contribution in [0.5, 0.6) is 0 Å². The molecule has 0 aliphatic carbocycles. The molecule has 60 valence electrons. The molecule has 3 nitrogen and oxygen atoms in total. The van der Waals surface area contributed by atoms with Crippen molar-refractivity contribution in [1.82, 2.24) is 4.98 Å². The van der Waals surface area contributed by atoms with Crippen molar-refractivity contribution in [1.29, 1.82) is 0 Å². The molecule has 1 heterocycles. The van der Waals surface area contributed by atoms with Gasteiger partial charge in [0, 0.05) is 0 Å². The first-order valence-electron chi connectivity index (χ1n) is 3.27. The second-order valence-corrected chi connectivity index (χ2v) is 2.66. The number of aromatic nitrogens is 1. The van der Waals surface area contributed by atoms with E-state index in [0.717, 1.165) is 16.9 Å². The van der Waals surface area contributed by atoms with Gasteiger partial charge in [0.05, 0.1) is 0 Å². The number of anilines is 2. The van der Waals surface area contributed by atoms with Gasteiger partial charge in [0.25, 0.3) is 0 Å². The fraction of sp³-hybridized carbons (Fsp3) is 0.286. The zero-order valence-electron chi connectivity index (χ0n) is 7.60. The van der Waals surface area contributed by atoms with Crippen LogP contribution in [0.2, 0.25) is 0 Å². The third kappa shape index (κ3) is 2.65. The number of hydrogen-bond acceptors (Lipinski definition) is 3. The Balaban J connectivity index is 0.00000121. The Morgan fingerprint density at radius 1 is 1.50 bits per heavy atom. The van der Waals surface area contributed by atoms with Crippen LogP contribution in [0.4, 0.5) is 11.4 Å². The maximum Gasteiger partial charge on any atom is 1.00 e. The summed E-state index contributed by atoms with van der Waals surface area (Å²) < 4.78 is 0. The van der Waals surface area contributed by atoms with E-state index in [1.165, 1.54) is 0 Å². The Kier molecular flexibility index (Phi) is 5.90. The van der Waals surface area contributed by atoms with Gasteiger partial charge in [-0.3, -0.25) is 0 Å². The molecule has 0 aliphatic heterocycles. The molecular formula is C7H11KN3P. The first-order chi connectivity index (χ1) is 5.16. The largest absolute Gasteiger partial charge is 1.00 e. The minimum Gasteiger partial charge on any atom is -0.419 e. The minimum atomic E-state index is 0. The van der Waals surface area contributed by atoms with E-state index in [1.807, 2.05) is 13.8 Å². The second-order valence-electron chi connectivity index (χ2n) is 2.37. The third-order valence-electron chi connectivity index (χ3n) is 1.68. The van der Waals surface area contributed by atoms with Crippen LogP contribution in [0.25, 0.3) is 0 Å². The average molecular weight is 207 g/mol. The summed E-state index contributed by atoms with van der Waals surface area (Å²) in [6.07, 6.45) is 2.71. The Morgan fingerprint density at radius 2 is 2.08 bits per heavy atom. The van der Waals surface area contributed by atoms with E-state index in [4.69, 9.17) is 5.73 Å². The maximum absolute atomic E-state index is 5.61. The predicted octanol–water partition coefficient (Wildman–Crippen LogP) is -1.71. The summed E-state index contributed by atoms with van der Waals surface area (Å²) in [7, 11) is 2.41. The summed E-state index contributed by atoms with van der Waals surface area (Å²) in [4.78, 5) is 3.99. The van der Waals surface area contributed by atoms with Crippen molar-refractivity contribution in [3.63, 3.8) is 0 Å². The molecule has 3 N–H and O–H groups in total. The van der Waals surface area contributed by atoms with Gasteiger partial charge in [-0.05, 0) is 11.4 Å². The second kappa shape index (κ2) is 5.53. The van der Waals surface area contributed by atoms with Crippen molar-refractivity contribution >= 4 is 20.8 Å². The molecule has 0 fully saturated rings. The molecule has 1 rings (SSSR count). The molecule has 0 bridgehead atoms. The summed E-state index contributed by atoms with van der Waals surface area (Å²) in [5.74, 6) is 0. The molecule has 0 aromatic carbocycles. The molecule has 0 radical (unpaired) electrons. The van der Waals surface area contributed by atoms with Crippen molar-refractivity contribution < 1.29 is 51.4 Å². The molecule has 0 amide bonds. The Morgan fingerprint density at radius 3 is 2.50 bits per heavy atom. The maximum atomic E-state index is 5.61. The van der Waals surface area contributed by atoms with Crippen LogP contribution in [-0.4, -0.2) is 4.98 Å². The number of nitrogens with two attached hydrogens (primary N) is 1. The van der Waals surface area contributed by atoms with E-state index in [0.29, 0.717) is 5.69 Å². The number of hydrogen-bond donors (Lipinski definition) is 2. The van der Waals surface area contributed by atoms with Gasteiger partial charge in [-0.25, -0.2) is 0 Å². The Hall–Kier alpha value is 0.816. The smallest absolute Gasteiger partial charge is 0.419 e. The van der Waals surface area contributed by atoms with E-state index < -0.39 is 0 Å². The Bertz CT molecular complexity index is 278. The Labute approximate surface area is 118 Å². The summed E-state index contributed by atoms with van der Waals surface area (Å²) in [5, 5.41) is 2.92. The molecule has 12 heavy (non-hydrogen) atoms. The van der Waals surface area contributed by atoms with Crippen LogP contribution < -0.4 is 62.2 Å². The number of rotatable bonds is 1. The number of nitrogens with zero attached hydrogens (tertiary/aromatic N) is 1. The standard InChI is InChI=1S/C7H11N3P.K/c1-4-5(2)9-3-6(8)7(4)10-11;/h8,11H2,1-2H3,(H,9,10);/q-1;+1. The zero-order valence-corrected chi connectivity index (χ0v) is 11.9. The number of nitrogens with one attached hydrogen (secondary N) is 1. The van der Waals surface area contributed by atoms with Crippen LogP contribution in [0.1, 0.15) is 11.3 Å². The van der Waals surface area contributed by atoms with Crippen LogP contribution in [-0.2, 0) is 0 Å². The normalized spacial score (nSPS) is 8.92. The first-order valence-corrected chi connectivity index (χ1v) is 3.85. The monoisotopic (exact) mass is 207 g/mol. The minimum absolute atomic E-state index is 0. The molecule has 0 saturated carbocycles. The number of pyridine rings is 1. The molecule has 1 unspecified atom stereocenters. The van der Waals surface area contributed by atoms with Gasteiger partial charge in [0.1, 0.15) is 0 Å². The van der Waals surface area contributed by atoms with Crippen LogP contribution >= 0.6 is 9.39 Å². The molecule has 0 aliphatic rings. The van der Waals surface area contributed by atoms with Gasteiger partial charge in [-0.1, -0.05) is 35.1 Å². The van der Waals surface area contributed by atoms with E-state index >= 15 is 0 Å². The predicted molar refractivity (Wildman–Crippen MR) is 50.3 cm³/mol. The molecule has 5 heteroatoms. The van der Waals surface area contributed by atoms with Crippen LogP contribution in [0.3, 0.4) is 0 Å². The molecule has 1 atom stereocenters. The number of nitrogen functional groups attached to an aromatic ring is 1. The molecule has 0 saturated heterocycles.